The maximum Gasteiger partial charge on any atom is 0.296 e. The van der Waals surface area contributed by atoms with E-state index < -0.39 is 34.1 Å². The van der Waals surface area contributed by atoms with Crippen molar-refractivity contribution >= 4 is 21.5 Å². The summed E-state index contributed by atoms with van der Waals surface area (Å²) in [7, 11) is 0. The molecule has 14 nitrogen and oxygen atoms in total. The first-order valence-corrected chi connectivity index (χ1v) is 7.28. The van der Waals surface area contributed by atoms with Crippen LogP contribution in [0.5, 0.6) is 0 Å². The van der Waals surface area contributed by atoms with Crippen LogP contribution < -0.4 is 22.2 Å². The van der Waals surface area contributed by atoms with Crippen LogP contribution in [0.2, 0.25) is 0 Å². The molecule has 1 aromatic carbocycles. The predicted molar refractivity (Wildman–Crippen MR) is 86.2 cm³/mol. The molecule has 0 aliphatic carbocycles. The lowest BCUT2D eigenvalue weighted by atomic mass is 10.1. The minimum Gasteiger partial charge on any atom is -0.292 e. The molecule has 0 fully saturated rings. The number of aromatic nitrogens is 6. The lowest BCUT2D eigenvalue weighted by molar-refractivity contribution is -0.767. The Hall–Kier alpha value is -4.23. The lowest BCUT2D eigenvalue weighted by Crippen LogP contribution is -2.27. The Kier molecular flexibility index (Phi) is 3.40. The van der Waals surface area contributed by atoms with Gasteiger partial charge in [0.05, 0.1) is 28.1 Å². The Labute approximate surface area is 145 Å². The number of H-pyrrole nitrogens is 1. The summed E-state index contributed by atoms with van der Waals surface area (Å²) in [6, 6.07) is 2.24. The highest BCUT2D eigenvalue weighted by molar-refractivity contribution is 5.97. The van der Waals surface area contributed by atoms with Crippen LogP contribution in [-0.4, -0.2) is 34.8 Å². The van der Waals surface area contributed by atoms with Crippen molar-refractivity contribution in [2.75, 3.05) is 0 Å². The molecular weight excluding hydrogens is 366 g/mol. The van der Waals surface area contributed by atoms with E-state index in [2.05, 4.69) is 25.5 Å². The quantitative estimate of drug-likeness (QED) is 0.293. The zero-order chi connectivity index (χ0) is 19.3. The SMILES string of the molecule is O=c1c2cc3c(=O)n(Cc4nn[nH]n4)c(=O)c3cc2c(=O)n1CO[N+](=O)[O-]. The number of tetrazole rings is 1. The van der Waals surface area contributed by atoms with Gasteiger partial charge in [-0.05, 0) is 12.1 Å². The number of hydrogen-bond donors (Lipinski definition) is 1. The third-order valence-corrected chi connectivity index (χ3v) is 4.04. The molecule has 4 aromatic rings. The van der Waals surface area contributed by atoms with Crippen LogP contribution in [0, 0.1) is 10.1 Å². The van der Waals surface area contributed by atoms with Crippen LogP contribution in [0.25, 0.3) is 21.5 Å². The number of rotatable bonds is 5. The van der Waals surface area contributed by atoms with Crippen LogP contribution in [0.15, 0.2) is 31.3 Å². The number of hydrogen-bond acceptors (Lipinski definition) is 10. The summed E-state index contributed by atoms with van der Waals surface area (Å²) in [6.45, 7) is -1.13. The van der Waals surface area contributed by atoms with Crippen LogP contribution >= 0.6 is 0 Å². The molecule has 14 heteroatoms. The zero-order valence-corrected chi connectivity index (χ0v) is 13.1. The van der Waals surface area contributed by atoms with Crippen molar-refractivity contribution in [3.8, 4) is 0 Å². The molecular formula is C13H7N7O7. The first-order valence-electron chi connectivity index (χ1n) is 7.28. The fourth-order valence-corrected chi connectivity index (χ4v) is 2.83. The van der Waals surface area contributed by atoms with Gasteiger partial charge < -0.3 is 0 Å². The van der Waals surface area contributed by atoms with Gasteiger partial charge in [-0.2, -0.15) is 5.21 Å². The monoisotopic (exact) mass is 373 g/mol. The Balaban J connectivity index is 1.94. The third-order valence-electron chi connectivity index (χ3n) is 4.04. The summed E-state index contributed by atoms with van der Waals surface area (Å²) in [5, 5.41) is 21.6. The Bertz CT molecular complexity index is 1330. The fraction of sp³-hybridized carbons (Fsp3) is 0.154. The number of aromatic amines is 1. The first-order chi connectivity index (χ1) is 12.9. The number of nitrogens with zero attached hydrogens (tertiary/aromatic N) is 6. The van der Waals surface area contributed by atoms with E-state index >= 15 is 0 Å². The molecule has 136 valence electrons. The molecule has 27 heavy (non-hydrogen) atoms. The van der Waals surface area contributed by atoms with Gasteiger partial charge in [0.15, 0.2) is 12.6 Å². The molecule has 0 unspecified atom stereocenters. The molecule has 0 saturated carbocycles. The van der Waals surface area contributed by atoms with Crippen molar-refractivity contribution in [2.24, 2.45) is 0 Å². The van der Waals surface area contributed by atoms with Crippen LogP contribution in [0.3, 0.4) is 0 Å². The van der Waals surface area contributed by atoms with Gasteiger partial charge in [0.25, 0.3) is 27.3 Å². The average molecular weight is 373 g/mol. The van der Waals surface area contributed by atoms with Crippen molar-refractivity contribution in [3.63, 3.8) is 0 Å². The van der Waals surface area contributed by atoms with Gasteiger partial charge >= 0.3 is 0 Å². The van der Waals surface area contributed by atoms with Gasteiger partial charge in [-0.3, -0.25) is 28.6 Å². The van der Waals surface area contributed by atoms with Crippen molar-refractivity contribution in [2.45, 2.75) is 13.3 Å². The molecule has 0 spiro atoms. The Morgan fingerprint density at radius 2 is 1.48 bits per heavy atom. The highest BCUT2D eigenvalue weighted by Crippen LogP contribution is 2.14. The van der Waals surface area contributed by atoms with E-state index in [1.165, 1.54) is 0 Å². The molecule has 4 rings (SSSR count). The predicted octanol–water partition coefficient (Wildman–Crippen LogP) is -2.36. The maximum atomic E-state index is 12.5. The van der Waals surface area contributed by atoms with Gasteiger partial charge in [-0.25, -0.2) is 4.57 Å². The molecule has 0 amide bonds. The van der Waals surface area contributed by atoms with Crippen molar-refractivity contribution in [1.29, 1.82) is 0 Å². The molecule has 0 aliphatic rings. The van der Waals surface area contributed by atoms with E-state index in [0.717, 1.165) is 16.7 Å². The van der Waals surface area contributed by atoms with E-state index in [1.54, 1.807) is 0 Å². The average Bonchev–Trinajstić information content (AvgIpc) is 3.29. The van der Waals surface area contributed by atoms with Gasteiger partial charge in [-0.1, -0.05) is 5.21 Å². The summed E-state index contributed by atoms with van der Waals surface area (Å²) < 4.78 is 1.36. The third kappa shape index (κ3) is 2.38. The van der Waals surface area contributed by atoms with E-state index in [1.807, 2.05) is 0 Å². The summed E-state index contributed by atoms with van der Waals surface area (Å²) >= 11 is 0. The second-order valence-electron chi connectivity index (χ2n) is 5.49. The fourth-order valence-electron chi connectivity index (χ4n) is 2.83. The molecule has 0 atom stereocenters. The molecule has 3 heterocycles. The normalized spacial score (nSPS) is 11.4. The van der Waals surface area contributed by atoms with Crippen molar-refractivity contribution in [3.05, 3.63) is 69.5 Å². The topological polar surface area (TPSA) is 185 Å². The van der Waals surface area contributed by atoms with Gasteiger partial charge in [0, 0.05) is 0 Å². The standard InChI is InChI=1S/C13H7N7O7/c21-10-5-1-7-8(13(24)19(12(7)23)4-27-20(25)26)2-6(5)11(22)18(10)3-9-14-16-17-15-9/h1-2H,3-4H2,(H,14,15,16,17). The van der Waals surface area contributed by atoms with Gasteiger partial charge in [-0.15, -0.1) is 20.3 Å². The van der Waals surface area contributed by atoms with Crippen LogP contribution in [-0.2, 0) is 18.1 Å². The van der Waals surface area contributed by atoms with Crippen LogP contribution in [0.4, 0.5) is 0 Å². The summed E-state index contributed by atoms with van der Waals surface area (Å²) in [5.41, 5.74) is -3.11. The van der Waals surface area contributed by atoms with E-state index in [0.29, 0.717) is 4.57 Å². The largest absolute Gasteiger partial charge is 0.296 e. The second-order valence-corrected chi connectivity index (χ2v) is 5.49. The van der Waals surface area contributed by atoms with E-state index in [9.17, 15) is 29.3 Å². The number of benzene rings is 1. The molecule has 3 aromatic heterocycles. The summed E-state index contributed by atoms with van der Waals surface area (Å²) in [5.74, 6) is 0.104. The zero-order valence-electron chi connectivity index (χ0n) is 13.1. The molecule has 0 radical (unpaired) electrons. The molecule has 1 N–H and O–H groups in total. The van der Waals surface area contributed by atoms with E-state index in [4.69, 9.17) is 0 Å². The Morgan fingerprint density at radius 3 is 1.93 bits per heavy atom. The summed E-state index contributed by atoms with van der Waals surface area (Å²) in [6.07, 6.45) is 0. The maximum absolute atomic E-state index is 12.5. The van der Waals surface area contributed by atoms with Crippen molar-refractivity contribution < 1.29 is 9.92 Å². The van der Waals surface area contributed by atoms with Crippen LogP contribution in [0.1, 0.15) is 5.82 Å². The Morgan fingerprint density at radius 1 is 0.963 bits per heavy atom. The smallest absolute Gasteiger partial charge is 0.292 e. The molecule has 0 saturated heterocycles. The minimum atomic E-state index is -1.15. The number of fused-ring (bicyclic) bond motifs is 2. The van der Waals surface area contributed by atoms with Crippen molar-refractivity contribution in [1.82, 2.24) is 29.8 Å². The van der Waals surface area contributed by atoms with Gasteiger partial charge in [0.2, 0.25) is 0 Å². The highest BCUT2D eigenvalue weighted by atomic mass is 17.0. The summed E-state index contributed by atoms with van der Waals surface area (Å²) in [4.78, 5) is 64.0. The highest BCUT2D eigenvalue weighted by Gasteiger charge is 2.20. The van der Waals surface area contributed by atoms with Gasteiger partial charge in [0.1, 0.15) is 0 Å². The van der Waals surface area contributed by atoms with E-state index in [-0.39, 0.29) is 33.9 Å². The minimum absolute atomic E-state index is 0.0690. The lowest BCUT2D eigenvalue weighted by Gasteiger charge is -1.96. The number of nitrogens with one attached hydrogen (secondary N) is 1. The first kappa shape index (κ1) is 16.2. The molecule has 0 aliphatic heterocycles. The second kappa shape index (κ2) is 5.65. The molecule has 0 bridgehead atoms.